The summed E-state index contributed by atoms with van der Waals surface area (Å²) in [5, 5.41) is 8.90. The summed E-state index contributed by atoms with van der Waals surface area (Å²) in [5.41, 5.74) is 1.38. The zero-order valence-corrected chi connectivity index (χ0v) is 26.6. The average molecular weight is 637 g/mol. The molecule has 0 unspecified atom stereocenters. The highest BCUT2D eigenvalue weighted by molar-refractivity contribution is 7.89. The maximum atomic E-state index is 14.7. The van der Waals surface area contributed by atoms with Crippen LogP contribution in [0.4, 0.5) is 4.39 Å². The van der Waals surface area contributed by atoms with Crippen LogP contribution in [0, 0.1) is 11.2 Å². The number of Topliss-reactive ketones (excluding diaryl/α,β-unsaturated/α-hetero) is 1. The van der Waals surface area contributed by atoms with E-state index in [-0.39, 0.29) is 22.4 Å². The normalized spacial score (nSPS) is 22.0. The Hall–Kier alpha value is -3.62. The summed E-state index contributed by atoms with van der Waals surface area (Å²) in [6, 6.07) is 2.34. The molecule has 4 heterocycles. The highest BCUT2D eigenvalue weighted by atomic mass is 32.2. The second-order valence-corrected chi connectivity index (χ2v) is 15.8. The lowest BCUT2D eigenvalue weighted by Gasteiger charge is -2.46. The molecule has 2 atom stereocenters. The lowest BCUT2D eigenvalue weighted by molar-refractivity contribution is 0.0738. The van der Waals surface area contributed by atoms with Crippen molar-refractivity contribution in [2.75, 3.05) is 0 Å². The average Bonchev–Trinajstić information content (AvgIpc) is 3.34. The number of carbonyl (C=O) groups excluding carboxylic acids is 1. The van der Waals surface area contributed by atoms with E-state index >= 15 is 0 Å². The fourth-order valence-electron chi connectivity index (χ4n) is 6.46. The van der Waals surface area contributed by atoms with Crippen molar-refractivity contribution in [1.29, 1.82) is 0 Å². The number of aryl methyl sites for hydroxylation is 1. The van der Waals surface area contributed by atoms with E-state index in [0.717, 1.165) is 40.7 Å². The Bertz CT molecular complexity index is 1900. The van der Waals surface area contributed by atoms with Crippen LogP contribution in [0.5, 0.6) is 0 Å². The van der Waals surface area contributed by atoms with Crippen LogP contribution in [0.15, 0.2) is 47.8 Å². The van der Waals surface area contributed by atoms with Gasteiger partial charge in [-0.1, -0.05) is 26.3 Å². The Labute approximate surface area is 258 Å². The summed E-state index contributed by atoms with van der Waals surface area (Å²) in [6.45, 7) is 6.26. The molecule has 0 aliphatic heterocycles. The third kappa shape index (κ3) is 4.83. The summed E-state index contributed by atoms with van der Waals surface area (Å²) < 4.78 is 46.2. The van der Waals surface area contributed by atoms with Gasteiger partial charge in [-0.2, -0.15) is 9.40 Å². The van der Waals surface area contributed by atoms with Crippen molar-refractivity contribution in [1.82, 2.24) is 38.8 Å². The summed E-state index contributed by atoms with van der Waals surface area (Å²) >= 11 is 1.40. The first-order valence-electron chi connectivity index (χ1n) is 14.7. The highest BCUT2D eigenvalue weighted by Crippen LogP contribution is 2.53. The molecule has 2 fully saturated rings. The largest absolute Gasteiger partial charge is 0.290 e. The number of pyridine rings is 1. The first-order chi connectivity index (χ1) is 20.9. The van der Waals surface area contributed by atoms with E-state index < -0.39 is 27.3 Å². The predicted octanol–water partition coefficient (Wildman–Crippen LogP) is 4.50. The van der Waals surface area contributed by atoms with E-state index in [4.69, 9.17) is 0 Å². The molecule has 0 amide bonds. The van der Waals surface area contributed by atoms with Crippen molar-refractivity contribution in [3.05, 3.63) is 69.6 Å². The van der Waals surface area contributed by atoms with Gasteiger partial charge >= 0.3 is 0 Å². The number of halogens is 1. The van der Waals surface area contributed by atoms with Gasteiger partial charge in [-0.25, -0.2) is 32.4 Å². The monoisotopic (exact) mass is 636 g/mol. The lowest BCUT2D eigenvalue weighted by Crippen LogP contribution is -2.51. The zero-order chi connectivity index (χ0) is 31.0. The molecule has 0 N–H and O–H groups in total. The molecular weight excluding hydrogens is 604 g/mol. The van der Waals surface area contributed by atoms with Gasteiger partial charge in [0.15, 0.2) is 10.8 Å². The molecule has 3 aliphatic carbocycles. The molecular formula is C30H33FN8O3S2. The minimum atomic E-state index is -3.99. The lowest BCUT2D eigenvalue weighted by atomic mass is 9.61. The van der Waals surface area contributed by atoms with Gasteiger partial charge in [0, 0.05) is 30.2 Å². The van der Waals surface area contributed by atoms with Gasteiger partial charge in [0.2, 0.25) is 5.78 Å². The standard InChI is InChI=1S/C30H33FN8O3S2/c1-29(2,3)24-16-33-27(43-24)26(40)30-12-18-14-35-38(25-10-6-20(31)15-32-25)23(18)11-19(30)5-7-22(13-30)39(21-8-9-21)44(41,42)28-34-17-37(4)36-28/h6,10-11,14-17,21-22H,5,7-9,12-13H2,1-4H3/t22-,30-/m0/s1. The minimum Gasteiger partial charge on any atom is -0.290 e. The molecule has 3 aliphatic rings. The van der Waals surface area contributed by atoms with Gasteiger partial charge in [-0.05, 0) is 67.7 Å². The van der Waals surface area contributed by atoms with Crippen LogP contribution in [0.25, 0.3) is 11.9 Å². The van der Waals surface area contributed by atoms with Crippen LogP contribution in [-0.2, 0) is 28.9 Å². The van der Waals surface area contributed by atoms with Crippen LogP contribution in [0.3, 0.4) is 0 Å². The number of fused-ring (bicyclic) bond motifs is 2. The first-order valence-corrected chi connectivity index (χ1v) is 16.9. The first kappa shape index (κ1) is 29.1. The van der Waals surface area contributed by atoms with Gasteiger partial charge in [0.1, 0.15) is 12.1 Å². The van der Waals surface area contributed by atoms with Crippen molar-refractivity contribution in [2.24, 2.45) is 12.5 Å². The van der Waals surface area contributed by atoms with Crippen molar-refractivity contribution in [3.8, 4) is 5.82 Å². The van der Waals surface area contributed by atoms with Gasteiger partial charge < -0.3 is 0 Å². The molecule has 0 radical (unpaired) electrons. The van der Waals surface area contributed by atoms with Crippen molar-refractivity contribution in [3.63, 3.8) is 0 Å². The van der Waals surface area contributed by atoms with Crippen molar-refractivity contribution < 1.29 is 17.6 Å². The second-order valence-electron chi connectivity index (χ2n) is 13.0. The fourth-order valence-corrected chi connectivity index (χ4v) is 9.25. The summed E-state index contributed by atoms with van der Waals surface area (Å²) in [5.74, 6) is -0.0674. The number of hydrogen-bond acceptors (Lipinski definition) is 9. The van der Waals surface area contributed by atoms with Crippen LogP contribution in [-0.4, -0.2) is 65.1 Å². The maximum Gasteiger partial charge on any atom is 0.282 e. The predicted molar refractivity (Wildman–Crippen MR) is 161 cm³/mol. The van der Waals surface area contributed by atoms with Gasteiger partial charge in [0.05, 0.1) is 23.5 Å². The van der Waals surface area contributed by atoms with E-state index in [9.17, 15) is 17.6 Å². The summed E-state index contributed by atoms with van der Waals surface area (Å²) in [7, 11) is -2.35. The SMILES string of the molecule is Cn1cnc(S(=O)(=O)N(C2CC2)[C@H]2CCC3=Cc4c(cnn4-c4ccc(F)cn4)C[C@]3(C(=O)c3ncc(C(C)(C)C)s3)C2)n1. The minimum absolute atomic E-state index is 0.101. The van der Waals surface area contributed by atoms with Crippen LogP contribution in [0.1, 0.15) is 78.8 Å². The van der Waals surface area contributed by atoms with Gasteiger partial charge in [0.25, 0.3) is 15.2 Å². The molecule has 2 saturated carbocycles. The highest BCUT2D eigenvalue weighted by Gasteiger charge is 2.54. The Morgan fingerprint density at radius 3 is 2.52 bits per heavy atom. The number of carbonyl (C=O) groups is 1. The fraction of sp³-hybridized carbons (Fsp3) is 0.467. The van der Waals surface area contributed by atoms with E-state index in [1.165, 1.54) is 28.4 Å². The number of rotatable bonds is 7. The van der Waals surface area contributed by atoms with Crippen LogP contribution < -0.4 is 0 Å². The quantitative estimate of drug-likeness (QED) is 0.271. The molecule has 14 heteroatoms. The van der Waals surface area contributed by atoms with Gasteiger partial charge in [-0.3, -0.25) is 9.48 Å². The van der Waals surface area contributed by atoms with E-state index in [2.05, 4.69) is 45.9 Å². The second kappa shape index (κ2) is 10.2. The summed E-state index contributed by atoms with van der Waals surface area (Å²) in [4.78, 5) is 28.6. The molecule has 0 bridgehead atoms. The third-order valence-electron chi connectivity index (χ3n) is 8.79. The maximum absolute atomic E-state index is 14.7. The number of aromatic nitrogens is 7. The van der Waals surface area contributed by atoms with Crippen molar-refractivity contribution >= 4 is 33.2 Å². The molecule has 230 valence electrons. The molecule has 0 spiro atoms. The number of nitrogens with zero attached hydrogens (tertiary/aromatic N) is 8. The number of thiazole rings is 1. The van der Waals surface area contributed by atoms with E-state index in [0.29, 0.717) is 36.5 Å². The van der Waals surface area contributed by atoms with Crippen LogP contribution >= 0.6 is 11.3 Å². The van der Waals surface area contributed by atoms with Crippen molar-refractivity contribution in [2.45, 2.75) is 82.0 Å². The smallest absolute Gasteiger partial charge is 0.282 e. The van der Waals surface area contributed by atoms with E-state index in [1.807, 2.05) is 6.08 Å². The number of allylic oxidation sites excluding steroid dienone is 1. The van der Waals surface area contributed by atoms with Gasteiger partial charge in [-0.15, -0.1) is 16.4 Å². The molecule has 4 aromatic rings. The number of hydrogen-bond donors (Lipinski definition) is 0. The Kier molecular flexibility index (Phi) is 6.75. The Morgan fingerprint density at radius 2 is 1.89 bits per heavy atom. The third-order valence-corrected chi connectivity index (χ3v) is 12.0. The molecule has 0 aromatic carbocycles. The molecule has 7 rings (SSSR count). The van der Waals surface area contributed by atoms with E-state index in [1.54, 1.807) is 34.5 Å². The molecule has 11 nitrogen and oxygen atoms in total. The number of sulfonamides is 1. The van der Waals surface area contributed by atoms with Crippen LogP contribution in [0.2, 0.25) is 0 Å². The molecule has 44 heavy (non-hydrogen) atoms. The zero-order valence-electron chi connectivity index (χ0n) is 24.9. The Morgan fingerprint density at radius 1 is 1.09 bits per heavy atom. The molecule has 0 saturated heterocycles. The Balaban J connectivity index is 1.32. The number of ketones is 1. The molecule has 4 aromatic heterocycles. The summed E-state index contributed by atoms with van der Waals surface area (Å²) in [6.07, 6.45) is 11.3. The topological polar surface area (TPSA) is 129 Å².